The van der Waals surface area contributed by atoms with E-state index in [0.29, 0.717) is 30.2 Å². The zero-order chi connectivity index (χ0) is 17.1. The molecule has 2 heterocycles. The molecule has 1 unspecified atom stereocenters. The molecule has 1 atom stereocenters. The zero-order valence-corrected chi connectivity index (χ0v) is 13.5. The van der Waals surface area contributed by atoms with Gasteiger partial charge in [0.05, 0.1) is 19.9 Å². The number of nitrogens with zero attached hydrogens (tertiary/aromatic N) is 2. The minimum absolute atomic E-state index is 0.0842. The Morgan fingerprint density at radius 1 is 1.25 bits per heavy atom. The van der Waals surface area contributed by atoms with Gasteiger partial charge in [-0.25, -0.2) is 9.37 Å². The summed E-state index contributed by atoms with van der Waals surface area (Å²) >= 11 is 0. The van der Waals surface area contributed by atoms with Gasteiger partial charge in [0, 0.05) is 30.9 Å². The van der Waals surface area contributed by atoms with E-state index in [0.717, 1.165) is 0 Å². The molecule has 2 aromatic rings. The molecule has 126 valence electrons. The lowest BCUT2D eigenvalue weighted by molar-refractivity contribution is -0.117. The molecule has 24 heavy (non-hydrogen) atoms. The van der Waals surface area contributed by atoms with Crippen LogP contribution in [0.3, 0.4) is 0 Å². The first kappa shape index (κ1) is 16.0. The fourth-order valence-electron chi connectivity index (χ4n) is 2.68. The SMILES string of the molecule is COc1cc(OC)cc(N2CCC(Nc3ncccc3F)C2=O)c1. The van der Waals surface area contributed by atoms with Gasteiger partial charge in [-0.05, 0) is 18.6 Å². The summed E-state index contributed by atoms with van der Waals surface area (Å²) in [6, 6.07) is 7.56. The third-order valence-corrected chi connectivity index (χ3v) is 3.92. The molecular formula is C17H18FN3O3. The Kier molecular flexibility index (Phi) is 4.50. The molecule has 0 spiro atoms. The summed E-state index contributed by atoms with van der Waals surface area (Å²) in [5, 5.41) is 2.88. The highest BCUT2D eigenvalue weighted by Crippen LogP contribution is 2.31. The Morgan fingerprint density at radius 2 is 1.96 bits per heavy atom. The van der Waals surface area contributed by atoms with Crippen LogP contribution in [-0.4, -0.2) is 37.7 Å². The van der Waals surface area contributed by atoms with Gasteiger partial charge in [0.25, 0.3) is 0 Å². The van der Waals surface area contributed by atoms with Crippen LogP contribution in [0, 0.1) is 5.82 Å². The van der Waals surface area contributed by atoms with E-state index in [4.69, 9.17) is 9.47 Å². The van der Waals surface area contributed by atoms with Gasteiger partial charge in [0.1, 0.15) is 17.5 Å². The zero-order valence-electron chi connectivity index (χ0n) is 13.5. The summed E-state index contributed by atoms with van der Waals surface area (Å²) in [6.07, 6.45) is 2.03. The standard InChI is InChI=1S/C17H18FN3O3/c1-23-12-8-11(9-13(10-12)24-2)21-7-5-15(17(21)22)20-16-14(18)4-3-6-19-16/h3-4,6,8-10,15H,5,7H2,1-2H3,(H,19,20). The summed E-state index contributed by atoms with van der Waals surface area (Å²) in [5.41, 5.74) is 0.682. The molecule has 1 N–H and O–H groups in total. The van der Waals surface area contributed by atoms with Gasteiger partial charge >= 0.3 is 0 Å². The van der Waals surface area contributed by atoms with Crippen molar-refractivity contribution in [3.05, 3.63) is 42.3 Å². The molecule has 6 nitrogen and oxygen atoms in total. The lowest BCUT2D eigenvalue weighted by Crippen LogP contribution is -2.33. The van der Waals surface area contributed by atoms with Crippen LogP contribution in [-0.2, 0) is 4.79 Å². The summed E-state index contributed by atoms with van der Waals surface area (Å²) in [5.74, 6) is 0.664. The fourth-order valence-corrected chi connectivity index (χ4v) is 2.68. The maximum Gasteiger partial charge on any atom is 0.249 e. The van der Waals surface area contributed by atoms with Gasteiger partial charge in [-0.1, -0.05) is 0 Å². The molecular weight excluding hydrogens is 313 g/mol. The minimum Gasteiger partial charge on any atom is -0.497 e. The van der Waals surface area contributed by atoms with E-state index in [1.807, 2.05) is 0 Å². The third-order valence-electron chi connectivity index (χ3n) is 3.92. The second-order valence-electron chi connectivity index (χ2n) is 5.38. The van der Waals surface area contributed by atoms with Crippen molar-refractivity contribution in [3.63, 3.8) is 0 Å². The molecule has 1 amide bonds. The van der Waals surface area contributed by atoms with Crippen molar-refractivity contribution in [1.82, 2.24) is 4.98 Å². The maximum absolute atomic E-state index is 13.7. The van der Waals surface area contributed by atoms with Crippen molar-refractivity contribution < 1.29 is 18.7 Å². The van der Waals surface area contributed by atoms with Crippen LogP contribution in [0.2, 0.25) is 0 Å². The number of aromatic nitrogens is 1. The number of ether oxygens (including phenoxy) is 2. The summed E-state index contributed by atoms with van der Waals surface area (Å²) in [7, 11) is 3.11. The molecule has 3 rings (SSSR count). The average Bonchev–Trinajstić information content (AvgIpc) is 2.97. The van der Waals surface area contributed by atoms with Crippen molar-refractivity contribution in [3.8, 4) is 11.5 Å². The number of pyridine rings is 1. The topological polar surface area (TPSA) is 63.7 Å². The van der Waals surface area contributed by atoms with Crippen molar-refractivity contribution in [2.45, 2.75) is 12.5 Å². The van der Waals surface area contributed by atoms with Crippen LogP contribution in [0.4, 0.5) is 15.9 Å². The van der Waals surface area contributed by atoms with Gasteiger partial charge in [0.15, 0.2) is 11.6 Å². The number of rotatable bonds is 5. The highest BCUT2D eigenvalue weighted by molar-refractivity contribution is 6.01. The molecule has 1 saturated heterocycles. The van der Waals surface area contributed by atoms with Crippen LogP contribution in [0.15, 0.2) is 36.5 Å². The number of carbonyl (C=O) groups excluding carboxylic acids is 1. The van der Waals surface area contributed by atoms with Crippen molar-refractivity contribution in [2.75, 3.05) is 31.0 Å². The van der Waals surface area contributed by atoms with Crippen molar-refractivity contribution >= 4 is 17.4 Å². The van der Waals surface area contributed by atoms with Crippen LogP contribution in [0.25, 0.3) is 0 Å². The van der Waals surface area contributed by atoms with E-state index < -0.39 is 11.9 Å². The quantitative estimate of drug-likeness (QED) is 0.912. The highest BCUT2D eigenvalue weighted by Gasteiger charge is 2.33. The number of carbonyl (C=O) groups is 1. The van der Waals surface area contributed by atoms with Crippen LogP contribution in [0.5, 0.6) is 11.5 Å². The number of benzene rings is 1. The summed E-state index contributed by atoms with van der Waals surface area (Å²) in [4.78, 5) is 18.2. The predicted molar refractivity (Wildman–Crippen MR) is 88.1 cm³/mol. The third kappa shape index (κ3) is 3.10. The number of hydrogen-bond donors (Lipinski definition) is 1. The van der Waals surface area contributed by atoms with E-state index in [1.54, 1.807) is 37.3 Å². The molecule has 0 radical (unpaired) electrons. The number of hydrogen-bond acceptors (Lipinski definition) is 5. The number of nitrogens with one attached hydrogen (secondary N) is 1. The van der Waals surface area contributed by atoms with E-state index in [1.165, 1.54) is 18.3 Å². The second-order valence-corrected chi connectivity index (χ2v) is 5.38. The van der Waals surface area contributed by atoms with Gasteiger partial charge in [-0.3, -0.25) is 4.79 Å². The molecule has 1 aliphatic rings. The second kappa shape index (κ2) is 6.74. The van der Waals surface area contributed by atoms with Crippen LogP contribution < -0.4 is 19.7 Å². The number of amides is 1. The van der Waals surface area contributed by atoms with E-state index >= 15 is 0 Å². The Hall–Kier alpha value is -2.83. The Bertz CT molecular complexity index is 731. The average molecular weight is 331 g/mol. The van der Waals surface area contributed by atoms with E-state index in [2.05, 4.69) is 10.3 Å². The smallest absolute Gasteiger partial charge is 0.249 e. The van der Waals surface area contributed by atoms with Crippen molar-refractivity contribution in [2.24, 2.45) is 0 Å². The molecule has 1 aromatic carbocycles. The lowest BCUT2D eigenvalue weighted by atomic mass is 10.2. The minimum atomic E-state index is -0.522. The molecule has 7 heteroatoms. The van der Waals surface area contributed by atoms with Crippen LogP contribution in [0.1, 0.15) is 6.42 Å². The van der Waals surface area contributed by atoms with Gasteiger partial charge < -0.3 is 19.7 Å². The number of anilines is 2. The Morgan fingerprint density at radius 3 is 2.58 bits per heavy atom. The Labute approximate surface area is 139 Å². The van der Waals surface area contributed by atoms with E-state index in [9.17, 15) is 9.18 Å². The Balaban J connectivity index is 1.80. The molecule has 0 aliphatic carbocycles. The maximum atomic E-state index is 13.7. The molecule has 1 aliphatic heterocycles. The molecule has 1 aromatic heterocycles. The summed E-state index contributed by atoms with van der Waals surface area (Å²) < 4.78 is 24.2. The predicted octanol–water partition coefficient (Wildman–Crippen LogP) is 2.46. The van der Waals surface area contributed by atoms with Gasteiger partial charge in [-0.15, -0.1) is 0 Å². The van der Waals surface area contributed by atoms with E-state index in [-0.39, 0.29) is 11.7 Å². The largest absolute Gasteiger partial charge is 0.497 e. The highest BCUT2D eigenvalue weighted by atomic mass is 19.1. The first-order valence-corrected chi connectivity index (χ1v) is 7.54. The monoisotopic (exact) mass is 331 g/mol. The number of halogens is 1. The van der Waals surface area contributed by atoms with Crippen molar-refractivity contribution in [1.29, 1.82) is 0 Å². The van der Waals surface area contributed by atoms with Gasteiger partial charge in [0.2, 0.25) is 5.91 Å². The van der Waals surface area contributed by atoms with Crippen LogP contribution >= 0.6 is 0 Å². The lowest BCUT2D eigenvalue weighted by Gasteiger charge is -2.19. The van der Waals surface area contributed by atoms with Gasteiger partial charge in [-0.2, -0.15) is 0 Å². The first-order valence-electron chi connectivity index (χ1n) is 7.54. The fraction of sp³-hybridized carbons (Fsp3) is 0.294. The molecule has 0 saturated carbocycles. The number of methoxy groups -OCH3 is 2. The molecule has 1 fully saturated rings. The summed E-state index contributed by atoms with van der Waals surface area (Å²) in [6.45, 7) is 0.515. The normalized spacial score (nSPS) is 17.0. The molecule has 0 bridgehead atoms. The first-order chi connectivity index (χ1) is 11.6.